The van der Waals surface area contributed by atoms with E-state index in [-0.39, 0.29) is 24.4 Å². The molecule has 0 atom stereocenters. The third-order valence-corrected chi connectivity index (χ3v) is 3.00. The maximum absolute atomic E-state index is 12.9. The molecule has 24 heavy (non-hydrogen) atoms. The van der Waals surface area contributed by atoms with Crippen LogP contribution in [0.3, 0.4) is 0 Å². The van der Waals surface area contributed by atoms with E-state index >= 15 is 0 Å². The first-order chi connectivity index (χ1) is 11.2. The zero-order chi connectivity index (χ0) is 18.3. The first kappa shape index (κ1) is 19.6. The van der Waals surface area contributed by atoms with Crippen LogP contribution in [0, 0.1) is 0 Å². The summed E-state index contributed by atoms with van der Waals surface area (Å²) in [5, 5.41) is 0. The van der Waals surface area contributed by atoms with Gasteiger partial charge in [0.25, 0.3) is 0 Å². The molecule has 0 aromatic heterocycles. The van der Waals surface area contributed by atoms with Crippen molar-refractivity contribution in [2.75, 3.05) is 18.1 Å². The molecule has 2 N–H and O–H groups in total. The number of hydrogen-bond acceptors (Lipinski definition) is 4. The second-order valence-corrected chi connectivity index (χ2v) is 4.80. The van der Waals surface area contributed by atoms with Crippen LogP contribution in [0.2, 0.25) is 0 Å². The average molecular weight is 348 g/mol. The highest BCUT2D eigenvalue weighted by molar-refractivity contribution is 5.88. The summed E-state index contributed by atoms with van der Waals surface area (Å²) in [6.45, 7) is 3.27. The van der Waals surface area contributed by atoms with E-state index in [9.17, 15) is 22.8 Å². The van der Waals surface area contributed by atoms with E-state index in [1.165, 1.54) is 4.90 Å². The number of primary amides is 1. The van der Waals surface area contributed by atoms with Gasteiger partial charge in [0.2, 0.25) is 0 Å². The van der Waals surface area contributed by atoms with Gasteiger partial charge in [-0.25, -0.2) is 9.59 Å². The van der Waals surface area contributed by atoms with E-state index in [2.05, 4.69) is 4.74 Å². The van der Waals surface area contributed by atoms with E-state index in [4.69, 9.17) is 10.5 Å². The van der Waals surface area contributed by atoms with Crippen molar-refractivity contribution in [3.63, 3.8) is 0 Å². The molecule has 0 saturated carbocycles. The van der Waals surface area contributed by atoms with Crippen molar-refractivity contribution < 1.29 is 32.2 Å². The maximum atomic E-state index is 12.9. The molecule has 2 amide bonds. The summed E-state index contributed by atoms with van der Waals surface area (Å²) in [5.74, 6) is 0. The van der Waals surface area contributed by atoms with Crippen molar-refractivity contribution >= 4 is 17.9 Å². The number of nitrogens with zero attached hydrogens (tertiary/aromatic N) is 1. The molecule has 1 rings (SSSR count). The number of amides is 2. The Hall–Kier alpha value is -2.45. The third-order valence-electron chi connectivity index (χ3n) is 3.00. The lowest BCUT2D eigenvalue weighted by atomic mass is 10.1. The van der Waals surface area contributed by atoms with Gasteiger partial charge in [0.15, 0.2) is 0 Å². The van der Waals surface area contributed by atoms with Gasteiger partial charge in [-0.15, -0.1) is 0 Å². The Morgan fingerprint density at radius 3 is 2.38 bits per heavy atom. The number of alkyl halides is 3. The Morgan fingerprint density at radius 1 is 1.21 bits per heavy atom. The van der Waals surface area contributed by atoms with Gasteiger partial charge < -0.3 is 15.2 Å². The zero-order valence-corrected chi connectivity index (χ0v) is 13.4. The van der Waals surface area contributed by atoms with Gasteiger partial charge in [-0.3, -0.25) is 4.90 Å². The van der Waals surface area contributed by atoms with Crippen molar-refractivity contribution in [3.05, 3.63) is 29.3 Å². The number of hydrogen-bond donors (Lipinski definition) is 1. The molecule has 0 aliphatic heterocycles. The van der Waals surface area contributed by atoms with Gasteiger partial charge >= 0.3 is 18.4 Å². The van der Waals surface area contributed by atoms with E-state index in [0.717, 1.165) is 18.2 Å². The van der Waals surface area contributed by atoms with Gasteiger partial charge in [-0.05, 0) is 31.5 Å². The smallest absolute Gasteiger partial charge is 0.416 e. The van der Waals surface area contributed by atoms with Gasteiger partial charge in [-0.1, -0.05) is 6.92 Å². The highest BCUT2D eigenvalue weighted by Gasteiger charge is 2.32. The molecule has 134 valence electrons. The standard InChI is InChI=1S/C15H19F3N2O4/c1-3-7-20(14(22)23-4-2)12-6-5-11(15(16,17)18)8-10(12)9-24-13(19)21/h5-6,8H,3-4,7,9H2,1-2H3,(H2,19,21). The Labute approximate surface area is 137 Å². The summed E-state index contributed by atoms with van der Waals surface area (Å²) in [4.78, 5) is 24.0. The molecule has 0 unspecified atom stereocenters. The molecule has 0 fully saturated rings. The maximum Gasteiger partial charge on any atom is 0.416 e. The van der Waals surface area contributed by atoms with Gasteiger partial charge in [0.05, 0.1) is 17.9 Å². The Kier molecular flexibility index (Phi) is 6.87. The number of carbonyl (C=O) groups excluding carboxylic acids is 2. The number of carbonyl (C=O) groups is 2. The lowest BCUT2D eigenvalue weighted by Crippen LogP contribution is -2.33. The minimum Gasteiger partial charge on any atom is -0.449 e. The molecule has 0 radical (unpaired) electrons. The summed E-state index contributed by atoms with van der Waals surface area (Å²) in [7, 11) is 0. The topological polar surface area (TPSA) is 81.9 Å². The summed E-state index contributed by atoms with van der Waals surface area (Å²) < 4.78 is 48.2. The molecule has 0 aliphatic carbocycles. The van der Waals surface area contributed by atoms with Gasteiger partial charge in [-0.2, -0.15) is 13.2 Å². The van der Waals surface area contributed by atoms with Crippen LogP contribution in [0.5, 0.6) is 0 Å². The summed E-state index contributed by atoms with van der Waals surface area (Å²) in [6, 6.07) is 2.82. The number of benzene rings is 1. The Balaban J connectivity index is 3.30. The molecule has 0 bridgehead atoms. The lowest BCUT2D eigenvalue weighted by Gasteiger charge is -2.24. The van der Waals surface area contributed by atoms with Gasteiger partial charge in [0.1, 0.15) is 6.61 Å². The van der Waals surface area contributed by atoms with E-state index in [0.29, 0.717) is 6.42 Å². The monoisotopic (exact) mass is 348 g/mol. The van der Waals surface area contributed by atoms with Crippen LogP contribution in [0.15, 0.2) is 18.2 Å². The molecular weight excluding hydrogens is 329 g/mol. The van der Waals surface area contributed by atoms with Crippen LogP contribution in [0.1, 0.15) is 31.4 Å². The molecule has 0 heterocycles. The summed E-state index contributed by atoms with van der Waals surface area (Å²) in [5.41, 5.74) is 4.12. The first-order valence-corrected chi connectivity index (χ1v) is 7.27. The van der Waals surface area contributed by atoms with Crippen molar-refractivity contribution in [2.24, 2.45) is 5.73 Å². The molecule has 6 nitrogen and oxygen atoms in total. The highest BCUT2D eigenvalue weighted by atomic mass is 19.4. The van der Waals surface area contributed by atoms with Crippen molar-refractivity contribution in [3.8, 4) is 0 Å². The fourth-order valence-corrected chi connectivity index (χ4v) is 2.02. The average Bonchev–Trinajstić information content (AvgIpc) is 2.49. The predicted octanol–water partition coefficient (Wildman–Crippen LogP) is 3.67. The number of rotatable bonds is 6. The first-order valence-electron chi connectivity index (χ1n) is 7.27. The lowest BCUT2D eigenvalue weighted by molar-refractivity contribution is -0.137. The number of anilines is 1. The molecular formula is C15H19F3N2O4. The van der Waals surface area contributed by atoms with Crippen LogP contribution in [-0.4, -0.2) is 25.3 Å². The number of ether oxygens (including phenoxy) is 2. The predicted molar refractivity (Wildman–Crippen MR) is 80.5 cm³/mol. The van der Waals surface area contributed by atoms with E-state index < -0.39 is 30.5 Å². The van der Waals surface area contributed by atoms with Crippen LogP contribution in [-0.2, 0) is 22.3 Å². The molecule has 0 spiro atoms. The van der Waals surface area contributed by atoms with E-state index in [1.54, 1.807) is 13.8 Å². The number of halogens is 3. The minimum atomic E-state index is -4.57. The molecule has 0 aliphatic rings. The third kappa shape index (κ3) is 5.32. The second-order valence-electron chi connectivity index (χ2n) is 4.80. The van der Waals surface area contributed by atoms with Crippen LogP contribution < -0.4 is 10.6 Å². The number of nitrogens with two attached hydrogens (primary N) is 1. The van der Waals surface area contributed by atoms with Crippen LogP contribution in [0.4, 0.5) is 28.4 Å². The normalized spacial score (nSPS) is 11.0. The van der Waals surface area contributed by atoms with Crippen molar-refractivity contribution in [2.45, 2.75) is 33.1 Å². The SMILES string of the molecule is CCCN(C(=O)OCC)c1ccc(C(F)(F)F)cc1COC(N)=O. The van der Waals surface area contributed by atoms with Crippen molar-refractivity contribution in [1.82, 2.24) is 0 Å². The zero-order valence-electron chi connectivity index (χ0n) is 13.4. The summed E-state index contributed by atoms with van der Waals surface area (Å²) in [6.07, 6.45) is -5.84. The molecule has 1 aromatic rings. The van der Waals surface area contributed by atoms with E-state index in [1.807, 2.05) is 0 Å². The molecule has 1 aromatic carbocycles. The second kappa shape index (κ2) is 8.42. The van der Waals surface area contributed by atoms with Crippen LogP contribution >= 0.6 is 0 Å². The molecule has 9 heteroatoms. The van der Waals surface area contributed by atoms with Crippen LogP contribution in [0.25, 0.3) is 0 Å². The largest absolute Gasteiger partial charge is 0.449 e. The fourth-order valence-electron chi connectivity index (χ4n) is 2.02. The molecule has 0 saturated heterocycles. The quantitative estimate of drug-likeness (QED) is 0.850. The minimum absolute atomic E-state index is 0.00475. The van der Waals surface area contributed by atoms with Crippen molar-refractivity contribution in [1.29, 1.82) is 0 Å². The fraction of sp³-hybridized carbons (Fsp3) is 0.467. The Bertz CT molecular complexity index is 591. The Morgan fingerprint density at radius 2 is 1.88 bits per heavy atom. The highest BCUT2D eigenvalue weighted by Crippen LogP contribution is 2.33. The van der Waals surface area contributed by atoms with Gasteiger partial charge in [0, 0.05) is 12.1 Å². The summed E-state index contributed by atoms with van der Waals surface area (Å²) >= 11 is 0.